The van der Waals surface area contributed by atoms with E-state index in [9.17, 15) is 5.11 Å². The van der Waals surface area contributed by atoms with Gasteiger partial charge in [-0.3, -0.25) is 0 Å². The Balaban J connectivity index is 0.00000144. The van der Waals surface area contributed by atoms with Crippen molar-refractivity contribution < 1.29 is 5.11 Å². The standard InChI is InChI=1S/C8H9Br2NO.ClH/c1-4(11)5-2-6(9)8(12)7(10)3-5;/h2-4,12H,11H2,1H3;1H/t4-;/m0./s1. The summed E-state index contributed by atoms with van der Waals surface area (Å²) in [7, 11) is 0. The van der Waals surface area contributed by atoms with Crippen molar-refractivity contribution in [1.82, 2.24) is 0 Å². The molecule has 13 heavy (non-hydrogen) atoms. The number of hydrogen-bond acceptors (Lipinski definition) is 2. The Morgan fingerprint density at radius 1 is 1.31 bits per heavy atom. The zero-order chi connectivity index (χ0) is 9.30. The molecule has 1 rings (SSSR count). The summed E-state index contributed by atoms with van der Waals surface area (Å²) >= 11 is 6.46. The van der Waals surface area contributed by atoms with Gasteiger partial charge in [-0.05, 0) is 56.5 Å². The summed E-state index contributed by atoms with van der Waals surface area (Å²) in [4.78, 5) is 0. The predicted molar refractivity (Wildman–Crippen MR) is 63.4 cm³/mol. The average Bonchev–Trinajstić information content (AvgIpc) is 1.99. The van der Waals surface area contributed by atoms with Crippen LogP contribution in [0.2, 0.25) is 0 Å². The first kappa shape index (κ1) is 13.2. The second-order valence-corrected chi connectivity index (χ2v) is 4.33. The molecule has 5 heteroatoms. The highest BCUT2D eigenvalue weighted by molar-refractivity contribution is 9.11. The second kappa shape index (κ2) is 5.20. The number of rotatable bonds is 1. The van der Waals surface area contributed by atoms with Crippen LogP contribution in [-0.2, 0) is 0 Å². The van der Waals surface area contributed by atoms with Gasteiger partial charge in [0.1, 0.15) is 5.75 Å². The SMILES string of the molecule is C[C@H](N)c1cc(Br)c(O)c(Br)c1.Cl. The Morgan fingerprint density at radius 3 is 2.00 bits per heavy atom. The molecule has 0 radical (unpaired) electrons. The number of phenolic OH excluding ortho intramolecular Hbond substituents is 1. The molecule has 1 aromatic carbocycles. The molecule has 0 saturated heterocycles. The molecule has 1 aromatic rings. The van der Waals surface area contributed by atoms with Gasteiger partial charge in [-0.15, -0.1) is 12.4 Å². The minimum absolute atomic E-state index is 0. The third-order valence-electron chi connectivity index (χ3n) is 1.57. The minimum Gasteiger partial charge on any atom is -0.506 e. The highest BCUT2D eigenvalue weighted by atomic mass is 79.9. The fraction of sp³-hybridized carbons (Fsp3) is 0.250. The number of phenols is 1. The minimum atomic E-state index is -0.0294. The van der Waals surface area contributed by atoms with E-state index in [0.717, 1.165) is 5.56 Å². The summed E-state index contributed by atoms with van der Waals surface area (Å²) in [5.41, 5.74) is 6.66. The van der Waals surface area contributed by atoms with Gasteiger partial charge in [-0.25, -0.2) is 0 Å². The average molecular weight is 331 g/mol. The first-order chi connectivity index (χ1) is 5.52. The van der Waals surface area contributed by atoms with Crippen LogP contribution >= 0.6 is 44.3 Å². The third kappa shape index (κ3) is 3.13. The maximum absolute atomic E-state index is 9.38. The topological polar surface area (TPSA) is 46.2 Å². The maximum Gasteiger partial charge on any atom is 0.143 e. The number of aromatic hydroxyl groups is 1. The van der Waals surface area contributed by atoms with Gasteiger partial charge in [0.15, 0.2) is 0 Å². The molecule has 0 amide bonds. The van der Waals surface area contributed by atoms with E-state index in [1.807, 2.05) is 19.1 Å². The van der Waals surface area contributed by atoms with Crippen molar-refractivity contribution in [3.05, 3.63) is 26.6 Å². The third-order valence-corrected chi connectivity index (χ3v) is 2.77. The fourth-order valence-corrected chi connectivity index (χ4v) is 2.07. The molecule has 0 unspecified atom stereocenters. The molecule has 1 atom stereocenters. The fourth-order valence-electron chi connectivity index (χ4n) is 0.848. The van der Waals surface area contributed by atoms with Crippen LogP contribution in [0.25, 0.3) is 0 Å². The van der Waals surface area contributed by atoms with Crippen molar-refractivity contribution in [2.75, 3.05) is 0 Å². The lowest BCUT2D eigenvalue weighted by Gasteiger charge is -2.08. The van der Waals surface area contributed by atoms with E-state index in [-0.39, 0.29) is 24.2 Å². The van der Waals surface area contributed by atoms with Gasteiger partial charge < -0.3 is 10.8 Å². The van der Waals surface area contributed by atoms with Gasteiger partial charge in [0, 0.05) is 6.04 Å². The van der Waals surface area contributed by atoms with E-state index in [4.69, 9.17) is 5.73 Å². The molecule has 0 aliphatic carbocycles. The quantitative estimate of drug-likeness (QED) is 0.829. The lowest BCUT2D eigenvalue weighted by Crippen LogP contribution is -2.04. The molecule has 0 heterocycles. The lowest BCUT2D eigenvalue weighted by molar-refractivity contribution is 0.468. The summed E-state index contributed by atoms with van der Waals surface area (Å²) in [6.45, 7) is 1.89. The van der Waals surface area contributed by atoms with Gasteiger partial charge in [0.2, 0.25) is 0 Å². The van der Waals surface area contributed by atoms with Crippen LogP contribution < -0.4 is 5.73 Å². The summed E-state index contributed by atoms with van der Waals surface area (Å²) in [6.07, 6.45) is 0. The van der Waals surface area contributed by atoms with Crippen LogP contribution in [0.15, 0.2) is 21.1 Å². The highest BCUT2D eigenvalue weighted by Crippen LogP contribution is 2.34. The van der Waals surface area contributed by atoms with Crippen LogP contribution in [0.1, 0.15) is 18.5 Å². The predicted octanol–water partition coefficient (Wildman–Crippen LogP) is 3.36. The molecule has 0 spiro atoms. The van der Waals surface area contributed by atoms with Crippen LogP contribution in [0.3, 0.4) is 0 Å². The second-order valence-electron chi connectivity index (χ2n) is 2.62. The summed E-state index contributed by atoms with van der Waals surface area (Å²) in [5.74, 6) is 0.208. The van der Waals surface area contributed by atoms with Gasteiger partial charge in [0.05, 0.1) is 8.95 Å². The number of hydrogen-bond donors (Lipinski definition) is 2. The number of benzene rings is 1. The Kier molecular flexibility index (Phi) is 5.29. The van der Waals surface area contributed by atoms with E-state index in [1.54, 1.807) is 0 Å². The number of nitrogens with two attached hydrogens (primary N) is 1. The molecule has 0 fully saturated rings. The normalized spacial score (nSPS) is 12.0. The molecule has 0 bridgehead atoms. The van der Waals surface area contributed by atoms with Gasteiger partial charge in [0.25, 0.3) is 0 Å². The maximum atomic E-state index is 9.38. The molecule has 2 nitrogen and oxygen atoms in total. The highest BCUT2D eigenvalue weighted by Gasteiger charge is 2.07. The van der Waals surface area contributed by atoms with E-state index in [0.29, 0.717) is 8.95 Å². The van der Waals surface area contributed by atoms with E-state index < -0.39 is 0 Å². The zero-order valence-electron chi connectivity index (χ0n) is 6.92. The Bertz CT molecular complexity index is 281. The first-order valence-corrected chi connectivity index (χ1v) is 5.04. The molecule has 0 aliphatic rings. The van der Waals surface area contributed by atoms with Crippen LogP contribution in [0.5, 0.6) is 5.75 Å². The van der Waals surface area contributed by atoms with E-state index in [2.05, 4.69) is 31.9 Å². The monoisotopic (exact) mass is 329 g/mol. The molecule has 0 saturated carbocycles. The summed E-state index contributed by atoms with van der Waals surface area (Å²) in [5, 5.41) is 9.38. The lowest BCUT2D eigenvalue weighted by atomic mass is 10.1. The van der Waals surface area contributed by atoms with Crippen LogP contribution in [-0.4, -0.2) is 5.11 Å². The van der Waals surface area contributed by atoms with E-state index >= 15 is 0 Å². The molecular formula is C8H10Br2ClNO. The zero-order valence-corrected chi connectivity index (χ0v) is 10.9. The Labute approximate surface area is 100 Å². The van der Waals surface area contributed by atoms with Crippen LogP contribution in [0.4, 0.5) is 0 Å². The molecule has 74 valence electrons. The first-order valence-electron chi connectivity index (χ1n) is 3.46. The van der Waals surface area contributed by atoms with Crippen molar-refractivity contribution in [2.45, 2.75) is 13.0 Å². The smallest absolute Gasteiger partial charge is 0.143 e. The van der Waals surface area contributed by atoms with Crippen molar-refractivity contribution >= 4 is 44.3 Å². The Morgan fingerprint density at radius 2 is 1.69 bits per heavy atom. The molecule has 3 N–H and O–H groups in total. The van der Waals surface area contributed by atoms with Crippen molar-refractivity contribution in [3.8, 4) is 5.75 Å². The molecule has 0 aromatic heterocycles. The largest absolute Gasteiger partial charge is 0.506 e. The summed E-state index contributed by atoms with van der Waals surface area (Å²) < 4.78 is 1.31. The van der Waals surface area contributed by atoms with Crippen molar-refractivity contribution in [2.24, 2.45) is 5.73 Å². The van der Waals surface area contributed by atoms with Gasteiger partial charge >= 0.3 is 0 Å². The van der Waals surface area contributed by atoms with Crippen molar-refractivity contribution in [1.29, 1.82) is 0 Å². The van der Waals surface area contributed by atoms with Crippen LogP contribution in [0, 0.1) is 0 Å². The Hall–Kier alpha value is 0.230. The van der Waals surface area contributed by atoms with Gasteiger partial charge in [-0.2, -0.15) is 0 Å². The van der Waals surface area contributed by atoms with E-state index in [1.165, 1.54) is 0 Å². The van der Waals surface area contributed by atoms with Gasteiger partial charge in [-0.1, -0.05) is 0 Å². The number of halogens is 3. The summed E-state index contributed by atoms with van der Waals surface area (Å²) in [6, 6.07) is 3.59. The molecular weight excluding hydrogens is 321 g/mol. The van der Waals surface area contributed by atoms with Crippen molar-refractivity contribution in [3.63, 3.8) is 0 Å². The molecule has 0 aliphatic heterocycles.